The van der Waals surface area contributed by atoms with Gasteiger partial charge in [0.15, 0.2) is 0 Å². The van der Waals surface area contributed by atoms with E-state index >= 15 is 0 Å². The lowest BCUT2D eigenvalue weighted by atomic mass is 10.6. The van der Waals surface area contributed by atoms with Crippen LogP contribution < -0.4 is 0 Å². The Morgan fingerprint density at radius 3 is 1.24 bits per heavy atom. The molecule has 7 heteroatoms. The lowest BCUT2D eigenvalue weighted by Gasteiger charge is -2.13. The summed E-state index contributed by atoms with van der Waals surface area (Å²) in [5.74, 6) is 2.39. The maximum Gasteiger partial charge on any atom is 0.384 e. The number of thioether (sulfide) groups is 1. The van der Waals surface area contributed by atoms with Gasteiger partial charge in [0.25, 0.3) is 0 Å². The Morgan fingerprint density at radius 1 is 0.619 bits per heavy atom. The smallest absolute Gasteiger partial charge is 0.384 e. The Morgan fingerprint density at radius 2 is 0.952 bits per heavy atom. The van der Waals surface area contributed by atoms with E-state index < -0.39 is 18.6 Å². The van der Waals surface area contributed by atoms with E-state index in [1.54, 1.807) is 0 Å². The Labute approximate surface area is 139 Å². The first-order valence-electron chi connectivity index (χ1n) is 8.08. The topological polar surface area (TPSA) is 36.9 Å². The molecule has 0 spiro atoms. The van der Waals surface area contributed by atoms with Gasteiger partial charge < -0.3 is 17.7 Å². The average molecular weight is 353 g/mol. The maximum absolute atomic E-state index is 5.64. The van der Waals surface area contributed by atoms with E-state index in [1.807, 2.05) is 39.5 Å². The summed E-state index contributed by atoms with van der Waals surface area (Å²) in [4.78, 5) is 0. The molecule has 4 nitrogen and oxygen atoms in total. The third kappa shape index (κ3) is 14.0. The van der Waals surface area contributed by atoms with Crippen molar-refractivity contribution < 1.29 is 17.7 Å². The van der Waals surface area contributed by atoms with Crippen LogP contribution in [0.15, 0.2) is 0 Å². The van der Waals surface area contributed by atoms with Crippen molar-refractivity contribution in [2.75, 3.05) is 37.9 Å². The van der Waals surface area contributed by atoms with Crippen LogP contribution in [0, 0.1) is 0 Å². The van der Waals surface area contributed by atoms with Crippen molar-refractivity contribution in [3.05, 3.63) is 0 Å². The van der Waals surface area contributed by atoms with Crippen LogP contribution in [0.1, 0.15) is 40.5 Å². The standard InChI is InChI=1S/C14H32O4SSi2/c1-5-15-20(16-6-2)13-9-11-19-12-10-14-21(17-7-3)18-8-4/h5-14H2,1-4H3. The first-order valence-corrected chi connectivity index (χ1v) is 12.3. The van der Waals surface area contributed by atoms with Gasteiger partial charge in [0.2, 0.25) is 0 Å². The van der Waals surface area contributed by atoms with Crippen LogP contribution >= 0.6 is 11.8 Å². The van der Waals surface area contributed by atoms with Crippen LogP contribution in [-0.4, -0.2) is 56.5 Å². The maximum atomic E-state index is 5.64. The highest BCUT2D eigenvalue weighted by Gasteiger charge is 2.15. The summed E-state index contributed by atoms with van der Waals surface area (Å²) >= 11 is 2.02. The molecule has 0 saturated carbocycles. The van der Waals surface area contributed by atoms with Gasteiger partial charge in [0.1, 0.15) is 0 Å². The number of hydrogen-bond acceptors (Lipinski definition) is 5. The van der Waals surface area contributed by atoms with Gasteiger partial charge in [-0.3, -0.25) is 0 Å². The zero-order valence-corrected chi connectivity index (χ0v) is 16.9. The predicted octanol–water partition coefficient (Wildman–Crippen LogP) is 3.62. The van der Waals surface area contributed by atoms with E-state index in [2.05, 4.69) is 0 Å². The van der Waals surface area contributed by atoms with Crippen molar-refractivity contribution in [3.8, 4) is 0 Å². The molecule has 0 aliphatic heterocycles. The van der Waals surface area contributed by atoms with E-state index in [4.69, 9.17) is 17.7 Å². The van der Waals surface area contributed by atoms with Gasteiger partial charge in [-0.25, -0.2) is 0 Å². The highest BCUT2D eigenvalue weighted by atomic mass is 32.2. The molecule has 0 aromatic rings. The average Bonchev–Trinajstić information content (AvgIpc) is 2.47. The summed E-state index contributed by atoms with van der Waals surface area (Å²) in [7, 11) is -2.03. The summed E-state index contributed by atoms with van der Waals surface area (Å²) < 4.78 is 22.5. The molecule has 0 unspecified atom stereocenters. The van der Waals surface area contributed by atoms with Crippen molar-refractivity contribution in [3.63, 3.8) is 0 Å². The largest absolute Gasteiger partial charge is 0.394 e. The second-order valence-electron chi connectivity index (χ2n) is 4.30. The summed E-state index contributed by atoms with van der Waals surface area (Å²) in [5, 5.41) is 0. The normalized spacial score (nSPS) is 11.7. The molecule has 0 fully saturated rings. The molecule has 21 heavy (non-hydrogen) atoms. The third-order valence-corrected chi connectivity index (χ3v) is 7.68. The fourth-order valence-corrected chi connectivity index (χ4v) is 6.13. The molecule has 0 aromatic heterocycles. The number of rotatable bonds is 16. The van der Waals surface area contributed by atoms with Crippen LogP contribution in [0.5, 0.6) is 0 Å². The highest BCUT2D eigenvalue weighted by Crippen LogP contribution is 2.12. The molecule has 2 radical (unpaired) electrons. The van der Waals surface area contributed by atoms with Crippen molar-refractivity contribution >= 4 is 30.3 Å². The summed E-state index contributed by atoms with van der Waals surface area (Å²) in [6.07, 6.45) is 2.38. The molecule has 0 amide bonds. The monoisotopic (exact) mass is 352 g/mol. The lowest BCUT2D eigenvalue weighted by Crippen LogP contribution is -2.23. The second kappa shape index (κ2) is 17.0. The molecule has 126 valence electrons. The minimum absolute atomic E-state index is 0.765. The zero-order valence-electron chi connectivity index (χ0n) is 14.1. The number of hydrogen-bond donors (Lipinski definition) is 0. The summed E-state index contributed by atoms with van der Waals surface area (Å²) in [6, 6.07) is 2.18. The van der Waals surface area contributed by atoms with E-state index in [1.165, 1.54) is 24.3 Å². The SMILES string of the molecule is CCO[Si](CCCSCCC[Si](OCC)OCC)OCC. The first-order chi connectivity index (χ1) is 10.3. The van der Waals surface area contributed by atoms with Crippen molar-refractivity contribution in [2.24, 2.45) is 0 Å². The minimum Gasteiger partial charge on any atom is -0.394 e. The molecule has 0 heterocycles. The zero-order chi connectivity index (χ0) is 15.8. The van der Waals surface area contributed by atoms with Gasteiger partial charge in [0.05, 0.1) is 0 Å². The van der Waals surface area contributed by atoms with E-state index in [9.17, 15) is 0 Å². The fraction of sp³-hybridized carbons (Fsp3) is 1.00. The van der Waals surface area contributed by atoms with Gasteiger partial charge >= 0.3 is 18.6 Å². The summed E-state index contributed by atoms with van der Waals surface area (Å²) in [5.41, 5.74) is 0. The van der Waals surface area contributed by atoms with Gasteiger partial charge in [-0.1, -0.05) is 0 Å². The van der Waals surface area contributed by atoms with Crippen molar-refractivity contribution in [2.45, 2.75) is 52.6 Å². The Kier molecular flexibility index (Phi) is 17.5. The Balaban J connectivity index is 3.48. The Bertz CT molecular complexity index is 181. The molecule has 0 saturated heterocycles. The molecular formula is C14H32O4SSi2. The molecule has 0 aliphatic rings. The van der Waals surface area contributed by atoms with E-state index in [0.717, 1.165) is 38.5 Å². The van der Waals surface area contributed by atoms with Crippen LogP contribution in [0.4, 0.5) is 0 Å². The van der Waals surface area contributed by atoms with Crippen LogP contribution in [-0.2, 0) is 17.7 Å². The fourth-order valence-electron chi connectivity index (χ4n) is 1.76. The Hall–Kier alpha value is 0.624. The van der Waals surface area contributed by atoms with Gasteiger partial charge in [-0.05, 0) is 64.1 Å². The van der Waals surface area contributed by atoms with Gasteiger partial charge in [-0.2, -0.15) is 11.8 Å². The molecule has 0 bridgehead atoms. The van der Waals surface area contributed by atoms with Crippen molar-refractivity contribution in [1.29, 1.82) is 0 Å². The van der Waals surface area contributed by atoms with Crippen LogP contribution in [0.2, 0.25) is 12.1 Å². The molecule has 0 aromatic carbocycles. The lowest BCUT2D eigenvalue weighted by molar-refractivity contribution is 0.213. The molecule has 0 N–H and O–H groups in total. The molecule has 0 rings (SSSR count). The molecule has 0 atom stereocenters. The van der Waals surface area contributed by atoms with Crippen molar-refractivity contribution in [1.82, 2.24) is 0 Å². The van der Waals surface area contributed by atoms with Gasteiger partial charge in [-0.15, -0.1) is 0 Å². The van der Waals surface area contributed by atoms with Gasteiger partial charge in [0, 0.05) is 26.4 Å². The van der Waals surface area contributed by atoms with E-state index in [-0.39, 0.29) is 0 Å². The second-order valence-corrected chi connectivity index (χ2v) is 9.16. The minimum atomic E-state index is -1.01. The quantitative estimate of drug-likeness (QED) is 0.313. The summed E-state index contributed by atoms with van der Waals surface area (Å²) in [6.45, 7) is 11.2. The van der Waals surface area contributed by atoms with Crippen LogP contribution in [0.3, 0.4) is 0 Å². The predicted molar refractivity (Wildman–Crippen MR) is 94.2 cm³/mol. The molecule has 0 aliphatic carbocycles. The third-order valence-electron chi connectivity index (χ3n) is 2.56. The molecular weight excluding hydrogens is 320 g/mol. The highest BCUT2D eigenvalue weighted by molar-refractivity contribution is 7.99. The van der Waals surface area contributed by atoms with Crippen LogP contribution in [0.25, 0.3) is 0 Å². The van der Waals surface area contributed by atoms with E-state index in [0.29, 0.717) is 0 Å². The first kappa shape index (κ1) is 21.6.